The minimum absolute atomic E-state index is 0.156. The van der Waals surface area contributed by atoms with E-state index in [0.717, 1.165) is 19.4 Å². The summed E-state index contributed by atoms with van der Waals surface area (Å²) in [6, 6.07) is 0. The Bertz CT molecular complexity index is 120. The maximum atomic E-state index is 8.17. The van der Waals surface area contributed by atoms with Crippen molar-refractivity contribution in [3.63, 3.8) is 0 Å². The summed E-state index contributed by atoms with van der Waals surface area (Å²) in [6.45, 7) is 0.719. The zero-order valence-corrected chi connectivity index (χ0v) is 5.64. The lowest BCUT2D eigenvalue weighted by atomic mass is 10.2. The first-order chi connectivity index (χ1) is 4.34. The molecule has 0 amide bonds. The van der Waals surface area contributed by atoms with Crippen LogP contribution in [-0.4, -0.2) is 23.1 Å². The largest absolute Gasteiger partial charge is 0.410 e. The summed E-state index contributed by atoms with van der Waals surface area (Å²) >= 11 is 5.45. The molecular weight excluding hydrogens is 142 g/mol. The molecular formula is C5H8ClNO2. The second-order valence-corrected chi connectivity index (χ2v) is 2.31. The Morgan fingerprint density at radius 2 is 2.56 bits per heavy atom. The Balaban J connectivity index is 2.42. The van der Waals surface area contributed by atoms with Gasteiger partial charge in [0.1, 0.15) is 6.10 Å². The zero-order chi connectivity index (χ0) is 6.69. The Kier molecular flexibility index (Phi) is 2.30. The molecule has 1 heterocycles. The summed E-state index contributed by atoms with van der Waals surface area (Å²) in [4.78, 5) is 0. The third-order valence-corrected chi connectivity index (χ3v) is 1.61. The molecule has 9 heavy (non-hydrogen) atoms. The summed E-state index contributed by atoms with van der Waals surface area (Å²) in [6.07, 6.45) is 1.70. The first-order valence-corrected chi connectivity index (χ1v) is 3.21. The first-order valence-electron chi connectivity index (χ1n) is 2.83. The molecule has 0 bridgehead atoms. The minimum Gasteiger partial charge on any atom is -0.410 e. The van der Waals surface area contributed by atoms with Gasteiger partial charge in [-0.3, -0.25) is 0 Å². The highest BCUT2D eigenvalue weighted by atomic mass is 35.5. The van der Waals surface area contributed by atoms with Gasteiger partial charge in [0.15, 0.2) is 5.17 Å². The third kappa shape index (κ3) is 1.56. The highest BCUT2D eigenvalue weighted by molar-refractivity contribution is 6.66. The van der Waals surface area contributed by atoms with Gasteiger partial charge in [-0.2, -0.15) is 0 Å². The third-order valence-electron chi connectivity index (χ3n) is 1.29. The molecule has 0 spiro atoms. The molecule has 1 saturated heterocycles. The number of ether oxygens (including phenoxy) is 1. The van der Waals surface area contributed by atoms with Crippen LogP contribution < -0.4 is 0 Å². The van der Waals surface area contributed by atoms with Crippen molar-refractivity contribution in [1.29, 1.82) is 0 Å². The van der Waals surface area contributed by atoms with Crippen molar-refractivity contribution in [2.24, 2.45) is 5.16 Å². The summed E-state index contributed by atoms with van der Waals surface area (Å²) in [7, 11) is 0. The number of oxime groups is 1. The monoisotopic (exact) mass is 149 g/mol. The maximum Gasteiger partial charge on any atom is 0.174 e. The number of halogens is 1. The van der Waals surface area contributed by atoms with Crippen LogP contribution >= 0.6 is 11.6 Å². The number of nitrogens with zero attached hydrogens (tertiary/aromatic N) is 1. The second kappa shape index (κ2) is 3.03. The van der Waals surface area contributed by atoms with E-state index in [4.69, 9.17) is 21.5 Å². The summed E-state index contributed by atoms with van der Waals surface area (Å²) in [5, 5.41) is 11.2. The summed E-state index contributed by atoms with van der Waals surface area (Å²) in [5.74, 6) is 0. The molecule has 0 aromatic heterocycles. The van der Waals surface area contributed by atoms with E-state index in [0.29, 0.717) is 0 Å². The molecule has 0 aromatic carbocycles. The lowest BCUT2D eigenvalue weighted by molar-refractivity contribution is 0.157. The van der Waals surface area contributed by atoms with Gasteiger partial charge in [0.25, 0.3) is 0 Å². The fourth-order valence-corrected chi connectivity index (χ4v) is 1.00. The van der Waals surface area contributed by atoms with Gasteiger partial charge in [0.2, 0.25) is 0 Å². The van der Waals surface area contributed by atoms with Crippen LogP contribution in [0.5, 0.6) is 0 Å². The van der Waals surface area contributed by atoms with Crippen molar-refractivity contribution in [3.05, 3.63) is 0 Å². The molecule has 1 aliphatic heterocycles. The molecule has 52 valence electrons. The van der Waals surface area contributed by atoms with Crippen molar-refractivity contribution >= 4 is 16.8 Å². The smallest absolute Gasteiger partial charge is 0.174 e. The molecule has 1 rings (SSSR count). The van der Waals surface area contributed by atoms with Crippen LogP contribution in [0, 0.1) is 0 Å². The molecule has 4 heteroatoms. The van der Waals surface area contributed by atoms with Crippen molar-refractivity contribution in [3.8, 4) is 0 Å². The molecule has 1 N–H and O–H groups in total. The Labute approximate surface area is 58.3 Å². The van der Waals surface area contributed by atoms with Crippen LogP contribution in [0.4, 0.5) is 0 Å². The van der Waals surface area contributed by atoms with Crippen LogP contribution in [0.25, 0.3) is 0 Å². The lowest BCUT2D eigenvalue weighted by Gasteiger charge is -2.02. The fraction of sp³-hybridized carbons (Fsp3) is 0.800. The van der Waals surface area contributed by atoms with Crippen LogP contribution in [-0.2, 0) is 4.74 Å². The van der Waals surface area contributed by atoms with Crippen LogP contribution in [0.1, 0.15) is 12.8 Å². The molecule has 1 aliphatic rings. The molecule has 1 fully saturated rings. The zero-order valence-electron chi connectivity index (χ0n) is 4.88. The normalized spacial score (nSPS) is 29.0. The second-order valence-electron chi connectivity index (χ2n) is 1.92. The van der Waals surface area contributed by atoms with Gasteiger partial charge in [-0.05, 0) is 12.8 Å². The van der Waals surface area contributed by atoms with Gasteiger partial charge in [-0.15, -0.1) is 0 Å². The van der Waals surface area contributed by atoms with Gasteiger partial charge in [-0.25, -0.2) is 0 Å². The van der Waals surface area contributed by atoms with E-state index in [1.807, 2.05) is 0 Å². The van der Waals surface area contributed by atoms with Crippen LogP contribution in [0.3, 0.4) is 0 Å². The Morgan fingerprint density at radius 1 is 1.78 bits per heavy atom. The molecule has 1 atom stereocenters. The highest BCUT2D eigenvalue weighted by Crippen LogP contribution is 2.14. The van der Waals surface area contributed by atoms with E-state index in [2.05, 4.69) is 5.16 Å². The number of rotatable bonds is 1. The average Bonchev–Trinajstić information content (AvgIpc) is 2.37. The van der Waals surface area contributed by atoms with E-state index in [1.165, 1.54) is 0 Å². The Hall–Kier alpha value is -0.280. The van der Waals surface area contributed by atoms with Gasteiger partial charge >= 0.3 is 0 Å². The van der Waals surface area contributed by atoms with Crippen molar-refractivity contribution in [2.45, 2.75) is 18.9 Å². The van der Waals surface area contributed by atoms with Crippen molar-refractivity contribution < 1.29 is 9.94 Å². The molecule has 0 saturated carbocycles. The summed E-state index contributed by atoms with van der Waals surface area (Å²) in [5.41, 5.74) is 0. The maximum absolute atomic E-state index is 8.17. The van der Waals surface area contributed by atoms with Crippen LogP contribution in [0.15, 0.2) is 5.16 Å². The van der Waals surface area contributed by atoms with Gasteiger partial charge in [0.05, 0.1) is 0 Å². The standard InChI is InChI=1S/C5H8ClNO2/c6-5(7-8)4-2-1-3-9-4/h4,8H,1-3H2. The predicted molar refractivity (Wildman–Crippen MR) is 34.0 cm³/mol. The Morgan fingerprint density at radius 3 is 3.00 bits per heavy atom. The number of hydrogen-bond acceptors (Lipinski definition) is 3. The molecule has 0 aliphatic carbocycles. The predicted octanol–water partition coefficient (Wildman–Crippen LogP) is 1.19. The van der Waals surface area contributed by atoms with Gasteiger partial charge < -0.3 is 9.94 Å². The van der Waals surface area contributed by atoms with Gasteiger partial charge in [0, 0.05) is 6.61 Å². The van der Waals surface area contributed by atoms with E-state index >= 15 is 0 Å². The SMILES string of the molecule is ON=C(Cl)C1CCCO1. The number of hydrogen-bond donors (Lipinski definition) is 1. The van der Waals surface area contributed by atoms with Crippen molar-refractivity contribution in [2.75, 3.05) is 6.61 Å². The van der Waals surface area contributed by atoms with Crippen LogP contribution in [0.2, 0.25) is 0 Å². The topological polar surface area (TPSA) is 41.8 Å². The highest BCUT2D eigenvalue weighted by Gasteiger charge is 2.19. The fourth-order valence-electron chi connectivity index (χ4n) is 0.830. The van der Waals surface area contributed by atoms with Gasteiger partial charge in [-0.1, -0.05) is 16.8 Å². The lowest BCUT2D eigenvalue weighted by Crippen LogP contribution is -2.13. The molecule has 0 aromatic rings. The quantitative estimate of drug-likeness (QED) is 0.346. The first kappa shape index (κ1) is 6.83. The summed E-state index contributed by atoms with van der Waals surface area (Å²) < 4.78 is 5.08. The molecule has 1 unspecified atom stereocenters. The van der Waals surface area contributed by atoms with E-state index in [1.54, 1.807) is 0 Å². The molecule has 3 nitrogen and oxygen atoms in total. The minimum atomic E-state index is -0.156. The average molecular weight is 150 g/mol. The van der Waals surface area contributed by atoms with E-state index in [-0.39, 0.29) is 11.3 Å². The van der Waals surface area contributed by atoms with E-state index < -0.39 is 0 Å². The van der Waals surface area contributed by atoms with Crippen molar-refractivity contribution in [1.82, 2.24) is 0 Å². The van der Waals surface area contributed by atoms with E-state index in [9.17, 15) is 0 Å². The molecule has 0 radical (unpaired) electrons.